The minimum absolute atomic E-state index is 0.317. The third-order valence-corrected chi connectivity index (χ3v) is 5.33. The number of allylic oxidation sites excluding steroid dienone is 5. The predicted molar refractivity (Wildman–Crippen MR) is 116 cm³/mol. The zero-order valence-corrected chi connectivity index (χ0v) is 16.7. The molecule has 4 rings (SSSR count). The van der Waals surface area contributed by atoms with Gasteiger partial charge in [0.15, 0.2) is 0 Å². The second-order valence-electron chi connectivity index (χ2n) is 6.26. The molecule has 1 nitrogen and oxygen atoms in total. The minimum atomic E-state index is 0.317. The number of hydrogen-bond donors (Lipinski definition) is 0. The standard InChI is InChI=1S/C19H16NPS.C3H8/c21-15-6-1-4-13(11-15)10-14-5-2-7-16-17(12-20-19(14)16)18-8-3-9-22-18;1-3-2/h1-9,11-12,16H,10,21H2;3H2,1-2H3. The monoisotopic (exact) mass is 365 g/mol. The number of fused-ring (bicyclic) bond motifs is 1. The molecular formula is C22H24NPS. The van der Waals surface area contributed by atoms with Gasteiger partial charge in [-0.25, -0.2) is 0 Å². The quantitative estimate of drug-likeness (QED) is 0.608. The van der Waals surface area contributed by atoms with Crippen LogP contribution in [0.2, 0.25) is 0 Å². The topological polar surface area (TPSA) is 12.4 Å². The summed E-state index contributed by atoms with van der Waals surface area (Å²) in [6, 6.07) is 12.9. The lowest BCUT2D eigenvalue weighted by molar-refractivity contribution is 1.09. The van der Waals surface area contributed by atoms with Gasteiger partial charge in [-0.15, -0.1) is 20.6 Å². The van der Waals surface area contributed by atoms with Crippen molar-refractivity contribution in [3.63, 3.8) is 0 Å². The van der Waals surface area contributed by atoms with Crippen molar-refractivity contribution >= 4 is 37.2 Å². The fourth-order valence-electron chi connectivity index (χ4n) is 3.02. The van der Waals surface area contributed by atoms with Crippen LogP contribution in [0.4, 0.5) is 0 Å². The maximum absolute atomic E-state index is 4.73. The van der Waals surface area contributed by atoms with Crippen LogP contribution in [0.3, 0.4) is 0 Å². The smallest absolute Gasteiger partial charge is 0.0552 e. The largest absolute Gasteiger partial charge is 0.260 e. The van der Waals surface area contributed by atoms with E-state index in [0.717, 1.165) is 6.42 Å². The maximum atomic E-state index is 4.73. The fourth-order valence-corrected chi connectivity index (χ4v) is 4.13. The van der Waals surface area contributed by atoms with Crippen molar-refractivity contribution in [3.8, 4) is 0 Å². The van der Waals surface area contributed by atoms with E-state index in [2.05, 4.69) is 83.1 Å². The first-order valence-corrected chi connectivity index (χ1v) is 10.2. The summed E-state index contributed by atoms with van der Waals surface area (Å²) >= 11 is 1.79. The van der Waals surface area contributed by atoms with E-state index in [4.69, 9.17) is 4.99 Å². The first kappa shape index (κ1) is 18.0. The second kappa shape index (κ2) is 8.56. The number of thiophene rings is 1. The Balaban J connectivity index is 0.000000569. The van der Waals surface area contributed by atoms with Crippen molar-refractivity contribution < 1.29 is 0 Å². The van der Waals surface area contributed by atoms with Crippen molar-refractivity contribution in [2.75, 3.05) is 0 Å². The molecule has 0 saturated heterocycles. The molecular weight excluding hydrogens is 341 g/mol. The van der Waals surface area contributed by atoms with Gasteiger partial charge >= 0.3 is 0 Å². The summed E-state index contributed by atoms with van der Waals surface area (Å²) in [6.45, 7) is 4.25. The SMILES string of the molecule is CCC.Pc1cccc(CC2=CC=CC3C(c4cccs4)=CN=C23)c1. The highest BCUT2D eigenvalue weighted by molar-refractivity contribution is 7.27. The molecule has 3 heteroatoms. The summed E-state index contributed by atoms with van der Waals surface area (Å²) < 4.78 is 0. The van der Waals surface area contributed by atoms with Gasteiger partial charge in [-0.2, -0.15) is 0 Å². The molecule has 1 aliphatic carbocycles. The van der Waals surface area contributed by atoms with Crippen LogP contribution in [0.25, 0.3) is 5.57 Å². The normalized spacial score (nSPS) is 17.9. The van der Waals surface area contributed by atoms with E-state index in [1.165, 1.54) is 39.0 Å². The molecule has 128 valence electrons. The molecule has 0 N–H and O–H groups in total. The third kappa shape index (κ3) is 4.26. The molecule has 1 aromatic carbocycles. The Morgan fingerprint density at radius 1 is 1.16 bits per heavy atom. The lowest BCUT2D eigenvalue weighted by atomic mass is 9.85. The summed E-state index contributed by atoms with van der Waals surface area (Å²) in [5.74, 6) is 0.317. The molecule has 2 aromatic rings. The molecule has 0 saturated carbocycles. The summed E-state index contributed by atoms with van der Waals surface area (Å²) in [5, 5.41) is 3.36. The summed E-state index contributed by atoms with van der Waals surface area (Å²) in [4.78, 5) is 6.05. The highest BCUT2D eigenvalue weighted by Gasteiger charge is 2.28. The molecule has 1 aromatic heterocycles. The molecule has 0 radical (unpaired) electrons. The van der Waals surface area contributed by atoms with Gasteiger partial charge in [0, 0.05) is 22.6 Å². The second-order valence-corrected chi connectivity index (χ2v) is 7.87. The van der Waals surface area contributed by atoms with E-state index in [1.54, 1.807) is 11.3 Å². The Labute approximate surface area is 157 Å². The predicted octanol–water partition coefficient (Wildman–Crippen LogP) is 5.82. The highest BCUT2D eigenvalue weighted by Crippen LogP contribution is 2.37. The van der Waals surface area contributed by atoms with Crippen molar-refractivity contribution in [1.82, 2.24) is 0 Å². The van der Waals surface area contributed by atoms with Crippen LogP contribution in [0.15, 0.2) is 76.8 Å². The molecule has 2 unspecified atom stereocenters. The van der Waals surface area contributed by atoms with Gasteiger partial charge in [0.2, 0.25) is 0 Å². The summed E-state index contributed by atoms with van der Waals surface area (Å²) in [5.41, 5.74) is 5.19. The Morgan fingerprint density at radius 2 is 2.00 bits per heavy atom. The van der Waals surface area contributed by atoms with Crippen molar-refractivity contribution in [3.05, 3.63) is 82.2 Å². The zero-order chi connectivity index (χ0) is 17.6. The van der Waals surface area contributed by atoms with Gasteiger partial charge in [0.05, 0.1) is 5.71 Å². The highest BCUT2D eigenvalue weighted by atomic mass is 32.1. The van der Waals surface area contributed by atoms with E-state index >= 15 is 0 Å². The van der Waals surface area contributed by atoms with E-state index in [1.807, 2.05) is 6.20 Å². The average molecular weight is 365 g/mol. The minimum Gasteiger partial charge on any atom is -0.260 e. The number of aliphatic imine (C=N–C) groups is 1. The molecule has 0 fully saturated rings. The van der Waals surface area contributed by atoms with Crippen LogP contribution in [0.5, 0.6) is 0 Å². The molecule has 2 aliphatic rings. The average Bonchev–Trinajstić information content (AvgIpc) is 3.25. The fraction of sp³-hybridized carbons (Fsp3) is 0.227. The summed E-state index contributed by atoms with van der Waals surface area (Å²) in [7, 11) is 2.77. The Hall–Kier alpha value is -1.76. The van der Waals surface area contributed by atoms with Crippen molar-refractivity contribution in [2.45, 2.75) is 26.7 Å². The van der Waals surface area contributed by atoms with Crippen LogP contribution < -0.4 is 5.30 Å². The molecule has 2 heterocycles. The van der Waals surface area contributed by atoms with E-state index in [9.17, 15) is 0 Å². The third-order valence-electron chi connectivity index (χ3n) is 4.05. The molecule has 0 bridgehead atoms. The first-order valence-electron chi connectivity index (χ1n) is 8.76. The van der Waals surface area contributed by atoms with Crippen molar-refractivity contribution in [1.29, 1.82) is 0 Å². The Morgan fingerprint density at radius 3 is 2.72 bits per heavy atom. The zero-order valence-electron chi connectivity index (χ0n) is 14.8. The molecule has 25 heavy (non-hydrogen) atoms. The number of nitrogens with zero attached hydrogens (tertiary/aromatic N) is 1. The summed E-state index contributed by atoms with van der Waals surface area (Å²) in [6.07, 6.45) is 10.9. The number of hydrogen-bond acceptors (Lipinski definition) is 2. The molecule has 1 aliphatic heterocycles. The van der Waals surface area contributed by atoms with Crippen molar-refractivity contribution in [2.24, 2.45) is 10.9 Å². The molecule has 2 atom stereocenters. The lowest BCUT2D eigenvalue weighted by Gasteiger charge is -2.19. The number of benzene rings is 1. The van der Waals surface area contributed by atoms with Gasteiger partial charge in [-0.1, -0.05) is 68.8 Å². The van der Waals surface area contributed by atoms with Crippen LogP contribution >= 0.6 is 20.6 Å². The van der Waals surface area contributed by atoms with Gasteiger partial charge in [-0.3, -0.25) is 4.99 Å². The molecule has 0 amide bonds. The first-order chi connectivity index (χ1) is 12.2. The van der Waals surface area contributed by atoms with Gasteiger partial charge in [0.25, 0.3) is 0 Å². The van der Waals surface area contributed by atoms with Gasteiger partial charge in [0.1, 0.15) is 0 Å². The number of rotatable bonds is 3. The van der Waals surface area contributed by atoms with E-state index in [-0.39, 0.29) is 0 Å². The van der Waals surface area contributed by atoms with Crippen LogP contribution in [0.1, 0.15) is 30.7 Å². The molecule has 0 spiro atoms. The van der Waals surface area contributed by atoms with Gasteiger partial charge in [-0.05, 0) is 34.3 Å². The van der Waals surface area contributed by atoms with Gasteiger partial charge < -0.3 is 0 Å². The van der Waals surface area contributed by atoms with Crippen LogP contribution in [-0.4, -0.2) is 5.71 Å². The van der Waals surface area contributed by atoms with E-state index < -0.39 is 0 Å². The maximum Gasteiger partial charge on any atom is 0.0552 e. The lowest BCUT2D eigenvalue weighted by Crippen LogP contribution is -2.17. The van der Waals surface area contributed by atoms with Crippen LogP contribution in [0, 0.1) is 5.92 Å². The Kier molecular flexibility index (Phi) is 6.18. The van der Waals surface area contributed by atoms with Crippen LogP contribution in [-0.2, 0) is 6.42 Å². The Bertz CT molecular complexity index is 841. The van der Waals surface area contributed by atoms with E-state index in [0.29, 0.717) is 5.92 Å².